The van der Waals surface area contributed by atoms with E-state index in [1.54, 1.807) is 7.11 Å². The fourth-order valence-electron chi connectivity index (χ4n) is 1.08. The minimum atomic E-state index is 0.0889. The summed E-state index contributed by atoms with van der Waals surface area (Å²) in [4.78, 5) is 0. The van der Waals surface area contributed by atoms with Crippen LogP contribution in [0.1, 0.15) is 18.4 Å². The largest absolute Gasteiger partial charge is 0.462 e. The molecule has 0 spiro atoms. The second-order valence-corrected chi connectivity index (χ2v) is 3.27. The van der Waals surface area contributed by atoms with Crippen LogP contribution in [0.25, 0.3) is 0 Å². The lowest BCUT2D eigenvalue weighted by Crippen LogP contribution is -2.28. The summed E-state index contributed by atoms with van der Waals surface area (Å²) < 4.78 is 10.4. The number of furan rings is 1. The summed E-state index contributed by atoms with van der Waals surface area (Å²) in [6, 6.07) is 3.89. The highest BCUT2D eigenvalue weighted by Crippen LogP contribution is 2.08. The summed E-state index contributed by atoms with van der Waals surface area (Å²) in [5, 5.41) is 11.9. The molecule has 1 heterocycles. The molecule has 0 radical (unpaired) electrons. The minimum absolute atomic E-state index is 0.0889. The van der Waals surface area contributed by atoms with Gasteiger partial charge in [0, 0.05) is 13.2 Å². The second-order valence-electron chi connectivity index (χ2n) is 3.27. The Morgan fingerprint density at radius 1 is 1.50 bits per heavy atom. The third kappa shape index (κ3) is 3.49. The van der Waals surface area contributed by atoms with Gasteiger partial charge in [-0.05, 0) is 19.1 Å². The highest BCUT2D eigenvalue weighted by atomic mass is 16.5. The molecule has 0 aromatic carbocycles. The number of methoxy groups -OCH3 is 1. The van der Waals surface area contributed by atoms with Gasteiger partial charge >= 0.3 is 0 Å². The van der Waals surface area contributed by atoms with Gasteiger partial charge in [0.05, 0.1) is 13.2 Å². The molecule has 1 atom stereocenters. The van der Waals surface area contributed by atoms with Crippen molar-refractivity contribution in [3.8, 4) is 0 Å². The molecule has 1 unspecified atom stereocenters. The van der Waals surface area contributed by atoms with Crippen molar-refractivity contribution in [1.82, 2.24) is 5.32 Å². The van der Waals surface area contributed by atoms with E-state index in [-0.39, 0.29) is 12.6 Å². The molecule has 0 saturated carbocycles. The van der Waals surface area contributed by atoms with E-state index in [0.29, 0.717) is 13.2 Å². The van der Waals surface area contributed by atoms with E-state index >= 15 is 0 Å². The van der Waals surface area contributed by atoms with E-state index in [4.69, 9.17) is 14.3 Å². The lowest BCUT2D eigenvalue weighted by Gasteiger charge is -2.08. The lowest BCUT2D eigenvalue weighted by atomic mass is 10.3. The van der Waals surface area contributed by atoms with Crippen LogP contribution in [-0.2, 0) is 17.9 Å². The summed E-state index contributed by atoms with van der Waals surface area (Å²) in [6.45, 7) is 3.17. The molecule has 1 aromatic rings. The van der Waals surface area contributed by atoms with Crippen molar-refractivity contribution in [3.05, 3.63) is 23.7 Å². The van der Waals surface area contributed by atoms with E-state index in [9.17, 15) is 0 Å². The monoisotopic (exact) mass is 199 g/mol. The molecule has 80 valence electrons. The smallest absolute Gasteiger partial charge is 0.129 e. The number of hydrogen-bond acceptors (Lipinski definition) is 4. The van der Waals surface area contributed by atoms with Crippen molar-refractivity contribution >= 4 is 0 Å². The number of aliphatic hydroxyl groups is 1. The van der Waals surface area contributed by atoms with E-state index in [0.717, 1.165) is 11.5 Å². The molecule has 1 rings (SSSR count). The standard InChI is InChI=1S/C10H17NO3/c1-8(6-12)11-5-9-3-4-10(14-9)7-13-2/h3-4,8,11-12H,5-7H2,1-2H3. The second kappa shape index (κ2) is 5.80. The van der Waals surface area contributed by atoms with E-state index in [2.05, 4.69) is 5.32 Å². The Kier molecular flexibility index (Phi) is 4.65. The highest BCUT2D eigenvalue weighted by Gasteiger charge is 2.03. The Labute approximate surface area is 83.9 Å². The molecule has 0 fully saturated rings. The van der Waals surface area contributed by atoms with E-state index < -0.39 is 0 Å². The van der Waals surface area contributed by atoms with Crippen LogP contribution in [-0.4, -0.2) is 24.9 Å². The van der Waals surface area contributed by atoms with Crippen LogP contribution >= 0.6 is 0 Å². The average Bonchev–Trinajstić information content (AvgIpc) is 2.63. The van der Waals surface area contributed by atoms with Gasteiger partial charge in [-0.15, -0.1) is 0 Å². The molecule has 4 heteroatoms. The van der Waals surface area contributed by atoms with Gasteiger partial charge < -0.3 is 19.6 Å². The summed E-state index contributed by atoms with van der Waals surface area (Å²) in [5.74, 6) is 1.68. The fraction of sp³-hybridized carbons (Fsp3) is 0.600. The first-order chi connectivity index (χ1) is 6.76. The third-order valence-electron chi connectivity index (χ3n) is 1.90. The summed E-state index contributed by atoms with van der Waals surface area (Å²) in [6.07, 6.45) is 0. The van der Waals surface area contributed by atoms with Gasteiger partial charge in [0.15, 0.2) is 0 Å². The van der Waals surface area contributed by atoms with Gasteiger partial charge in [0.2, 0.25) is 0 Å². The van der Waals surface area contributed by atoms with Gasteiger partial charge in [-0.25, -0.2) is 0 Å². The van der Waals surface area contributed by atoms with Gasteiger partial charge in [-0.2, -0.15) is 0 Å². The first-order valence-electron chi connectivity index (χ1n) is 4.67. The first-order valence-corrected chi connectivity index (χ1v) is 4.67. The van der Waals surface area contributed by atoms with Crippen LogP contribution < -0.4 is 5.32 Å². The Balaban J connectivity index is 2.35. The fourth-order valence-corrected chi connectivity index (χ4v) is 1.08. The zero-order valence-electron chi connectivity index (χ0n) is 8.62. The molecular weight excluding hydrogens is 182 g/mol. The van der Waals surface area contributed by atoms with Crippen molar-refractivity contribution < 1.29 is 14.3 Å². The Bertz CT molecular complexity index is 260. The SMILES string of the molecule is COCc1ccc(CNC(C)CO)o1. The van der Waals surface area contributed by atoms with Crippen LogP contribution in [0, 0.1) is 0 Å². The third-order valence-corrected chi connectivity index (χ3v) is 1.90. The number of aliphatic hydroxyl groups excluding tert-OH is 1. The van der Waals surface area contributed by atoms with Crippen LogP contribution in [0.2, 0.25) is 0 Å². The maximum absolute atomic E-state index is 8.79. The molecule has 14 heavy (non-hydrogen) atoms. The van der Waals surface area contributed by atoms with Gasteiger partial charge in [0.1, 0.15) is 18.1 Å². The molecule has 0 aliphatic carbocycles. The molecule has 0 aliphatic rings. The van der Waals surface area contributed by atoms with Crippen molar-refractivity contribution in [2.45, 2.75) is 26.1 Å². The summed E-state index contributed by atoms with van der Waals surface area (Å²) in [7, 11) is 1.63. The van der Waals surface area contributed by atoms with Crippen molar-refractivity contribution in [1.29, 1.82) is 0 Å². The van der Waals surface area contributed by atoms with Crippen molar-refractivity contribution in [2.75, 3.05) is 13.7 Å². The zero-order chi connectivity index (χ0) is 10.4. The molecule has 2 N–H and O–H groups in total. The normalized spacial score (nSPS) is 13.1. The van der Waals surface area contributed by atoms with Crippen LogP contribution in [0.3, 0.4) is 0 Å². The van der Waals surface area contributed by atoms with Gasteiger partial charge in [0.25, 0.3) is 0 Å². The average molecular weight is 199 g/mol. The van der Waals surface area contributed by atoms with Crippen molar-refractivity contribution in [3.63, 3.8) is 0 Å². The minimum Gasteiger partial charge on any atom is -0.462 e. The molecule has 4 nitrogen and oxygen atoms in total. The quantitative estimate of drug-likeness (QED) is 0.714. The van der Waals surface area contributed by atoms with Crippen LogP contribution in [0.5, 0.6) is 0 Å². The van der Waals surface area contributed by atoms with E-state index in [1.807, 2.05) is 19.1 Å². The number of hydrogen-bond donors (Lipinski definition) is 2. The molecule has 1 aromatic heterocycles. The molecule has 0 aliphatic heterocycles. The molecular formula is C10H17NO3. The predicted octanol–water partition coefficient (Wildman–Crippen LogP) is 0.896. The Morgan fingerprint density at radius 3 is 2.86 bits per heavy atom. The maximum Gasteiger partial charge on any atom is 0.129 e. The van der Waals surface area contributed by atoms with Gasteiger partial charge in [-0.1, -0.05) is 0 Å². The van der Waals surface area contributed by atoms with Crippen LogP contribution in [0.4, 0.5) is 0 Å². The maximum atomic E-state index is 8.79. The number of ether oxygens (including phenoxy) is 1. The van der Waals surface area contributed by atoms with Gasteiger partial charge in [-0.3, -0.25) is 0 Å². The molecule has 0 bridgehead atoms. The highest BCUT2D eigenvalue weighted by molar-refractivity contribution is 5.06. The zero-order valence-corrected chi connectivity index (χ0v) is 8.62. The molecule has 0 saturated heterocycles. The molecule has 0 amide bonds. The summed E-state index contributed by atoms with van der Waals surface area (Å²) >= 11 is 0. The van der Waals surface area contributed by atoms with E-state index in [1.165, 1.54) is 0 Å². The first kappa shape index (κ1) is 11.2. The number of rotatable bonds is 6. The lowest BCUT2D eigenvalue weighted by molar-refractivity contribution is 0.162. The predicted molar refractivity (Wildman–Crippen MR) is 52.8 cm³/mol. The number of nitrogens with one attached hydrogen (secondary N) is 1. The Morgan fingerprint density at radius 2 is 2.21 bits per heavy atom. The Hall–Kier alpha value is -0.840. The topological polar surface area (TPSA) is 54.6 Å². The van der Waals surface area contributed by atoms with Crippen LogP contribution in [0.15, 0.2) is 16.5 Å². The summed E-state index contributed by atoms with van der Waals surface area (Å²) in [5.41, 5.74) is 0. The van der Waals surface area contributed by atoms with Crippen molar-refractivity contribution in [2.24, 2.45) is 0 Å².